The highest BCUT2D eigenvalue weighted by atomic mass is 35.5. The van der Waals surface area contributed by atoms with E-state index in [-0.39, 0.29) is 19.1 Å². The van der Waals surface area contributed by atoms with Crippen LogP contribution >= 0.6 is 11.6 Å². The molecule has 0 spiro atoms. The summed E-state index contributed by atoms with van der Waals surface area (Å²) in [6, 6.07) is 15.4. The highest BCUT2D eigenvalue weighted by molar-refractivity contribution is 6.30. The molecule has 3 aromatic rings. The average molecular weight is 532 g/mol. The fourth-order valence-corrected chi connectivity index (χ4v) is 4.25. The van der Waals surface area contributed by atoms with Gasteiger partial charge >= 0.3 is 0 Å². The van der Waals surface area contributed by atoms with E-state index in [2.05, 4.69) is 21.6 Å². The molecule has 1 aliphatic heterocycles. The Hall–Kier alpha value is -3.02. The lowest BCUT2D eigenvalue weighted by Crippen LogP contribution is -2.40. The maximum Gasteiger partial charge on any atom is 0.273 e. The van der Waals surface area contributed by atoms with Gasteiger partial charge < -0.3 is 30.1 Å². The highest BCUT2D eigenvalue weighted by Gasteiger charge is 2.28. The second kappa shape index (κ2) is 13.5. The third kappa shape index (κ3) is 7.27. The predicted molar refractivity (Wildman–Crippen MR) is 141 cm³/mol. The van der Waals surface area contributed by atoms with Crippen molar-refractivity contribution in [2.75, 3.05) is 65.0 Å². The number of rotatable bonds is 13. The number of halogens is 1. The van der Waals surface area contributed by atoms with Gasteiger partial charge in [0.2, 0.25) is 0 Å². The number of anilines is 1. The fraction of sp³-hybridized carbons (Fsp3) is 0.423. The lowest BCUT2D eigenvalue weighted by Gasteiger charge is -2.30. The predicted octanol–water partition coefficient (Wildman–Crippen LogP) is 2.45. The third-order valence-corrected chi connectivity index (χ3v) is 6.21. The highest BCUT2D eigenvalue weighted by Crippen LogP contribution is 2.26. The summed E-state index contributed by atoms with van der Waals surface area (Å²) in [5, 5.41) is 15.4. The Kier molecular flexibility index (Phi) is 9.86. The Morgan fingerprint density at radius 1 is 1.08 bits per heavy atom. The number of amides is 1. The van der Waals surface area contributed by atoms with E-state index in [4.69, 9.17) is 31.0 Å². The molecule has 11 heteroatoms. The average Bonchev–Trinajstić information content (AvgIpc) is 2.91. The van der Waals surface area contributed by atoms with Crippen molar-refractivity contribution >= 4 is 23.3 Å². The van der Waals surface area contributed by atoms with Crippen molar-refractivity contribution in [3.8, 4) is 5.75 Å². The second-order valence-electron chi connectivity index (χ2n) is 8.62. The van der Waals surface area contributed by atoms with Gasteiger partial charge in [0, 0.05) is 38.2 Å². The number of ether oxygens (including phenoxy) is 2. The van der Waals surface area contributed by atoms with Gasteiger partial charge in [-0.3, -0.25) is 9.69 Å². The topological polar surface area (TPSA) is 102 Å². The van der Waals surface area contributed by atoms with Crippen LogP contribution in [0.4, 0.5) is 5.82 Å². The lowest BCUT2D eigenvalue weighted by molar-refractivity contribution is 0.0341. The van der Waals surface area contributed by atoms with Gasteiger partial charge in [-0.25, -0.2) is 4.68 Å². The van der Waals surface area contributed by atoms with Gasteiger partial charge in [0.05, 0.1) is 39.6 Å². The normalized spacial score (nSPS) is 14.0. The molecule has 2 aromatic carbocycles. The van der Waals surface area contributed by atoms with E-state index in [1.165, 1.54) is 0 Å². The minimum atomic E-state index is -0.258. The van der Waals surface area contributed by atoms with Crippen molar-refractivity contribution < 1.29 is 24.2 Å². The Morgan fingerprint density at radius 2 is 1.86 bits per heavy atom. The second-order valence-corrected chi connectivity index (χ2v) is 9.06. The Bertz CT molecular complexity index is 1140. The SMILES string of the molecule is CNc1c(C(=O)NCCOCCO)n(Cc2ccc(Cl)cc2)n1Oc1cccc(CN2CCOCC2)c1. The van der Waals surface area contributed by atoms with Crippen LogP contribution in [0.25, 0.3) is 0 Å². The Labute approximate surface area is 221 Å². The van der Waals surface area contributed by atoms with Crippen molar-refractivity contribution in [3.63, 3.8) is 0 Å². The summed E-state index contributed by atoms with van der Waals surface area (Å²) in [6.07, 6.45) is 0. The van der Waals surface area contributed by atoms with E-state index in [0.717, 1.165) is 44.0 Å². The van der Waals surface area contributed by atoms with Gasteiger partial charge in [0.1, 0.15) is 0 Å². The van der Waals surface area contributed by atoms with Crippen LogP contribution in [0.5, 0.6) is 5.75 Å². The number of carbonyl (C=O) groups is 1. The number of nitrogens with one attached hydrogen (secondary N) is 2. The molecule has 1 fully saturated rings. The largest absolute Gasteiger partial charge is 0.394 e. The van der Waals surface area contributed by atoms with Crippen LogP contribution in [0.3, 0.4) is 0 Å². The number of benzene rings is 2. The molecule has 4 rings (SSSR count). The molecule has 37 heavy (non-hydrogen) atoms. The van der Waals surface area contributed by atoms with E-state index < -0.39 is 0 Å². The molecule has 0 saturated carbocycles. The van der Waals surface area contributed by atoms with Gasteiger partial charge in [-0.05, 0) is 35.4 Å². The van der Waals surface area contributed by atoms with Crippen LogP contribution < -0.4 is 15.5 Å². The zero-order valence-corrected chi connectivity index (χ0v) is 21.7. The first kappa shape index (κ1) is 27.0. The molecule has 0 atom stereocenters. The molecule has 3 N–H and O–H groups in total. The van der Waals surface area contributed by atoms with E-state index in [1.807, 2.05) is 42.5 Å². The van der Waals surface area contributed by atoms with Crippen molar-refractivity contribution in [2.24, 2.45) is 0 Å². The maximum atomic E-state index is 13.1. The van der Waals surface area contributed by atoms with Crippen LogP contribution in [-0.4, -0.2) is 85.2 Å². The number of carbonyl (C=O) groups excluding carboxylic acids is 1. The number of nitrogens with zero attached hydrogens (tertiary/aromatic N) is 3. The van der Waals surface area contributed by atoms with Crippen LogP contribution in [0, 0.1) is 0 Å². The minimum absolute atomic E-state index is 0.0577. The summed E-state index contributed by atoms with van der Waals surface area (Å²) in [4.78, 5) is 23.3. The van der Waals surface area contributed by atoms with Gasteiger partial charge in [-0.15, -0.1) is 0 Å². The molecular weight excluding hydrogens is 498 g/mol. The van der Waals surface area contributed by atoms with E-state index in [9.17, 15) is 4.79 Å². The van der Waals surface area contributed by atoms with Crippen LogP contribution in [-0.2, 0) is 22.6 Å². The Balaban J connectivity index is 1.54. The monoisotopic (exact) mass is 531 g/mol. The molecule has 1 amide bonds. The van der Waals surface area contributed by atoms with Crippen LogP contribution in [0.15, 0.2) is 48.5 Å². The van der Waals surface area contributed by atoms with Gasteiger partial charge in [-0.2, -0.15) is 0 Å². The van der Waals surface area contributed by atoms with Crippen molar-refractivity contribution in [1.29, 1.82) is 0 Å². The number of hydrogen-bond acceptors (Lipinski definition) is 7. The summed E-state index contributed by atoms with van der Waals surface area (Å²) in [5.41, 5.74) is 2.55. The van der Waals surface area contributed by atoms with Crippen LogP contribution in [0.2, 0.25) is 5.02 Å². The van der Waals surface area contributed by atoms with Crippen molar-refractivity contribution in [2.45, 2.75) is 13.1 Å². The minimum Gasteiger partial charge on any atom is -0.394 e. The standard InChI is InChI=1S/C26H34ClN5O5/c1-28-25-24(26(34)29-9-13-35-16-12-33)31(19-20-5-7-22(27)8-6-20)32(25)37-23-4-2-3-21(17-23)18-30-10-14-36-15-11-30/h2-8,17,28,33H,9-16,18-19H2,1H3,(H,29,34). The summed E-state index contributed by atoms with van der Waals surface area (Å²) >= 11 is 6.06. The van der Waals surface area contributed by atoms with Crippen molar-refractivity contribution in [3.05, 3.63) is 70.4 Å². The number of aliphatic hydroxyl groups is 1. The number of hydrogen-bond donors (Lipinski definition) is 3. The molecule has 0 unspecified atom stereocenters. The fourth-order valence-electron chi connectivity index (χ4n) is 4.12. The molecule has 0 radical (unpaired) electrons. The van der Waals surface area contributed by atoms with Gasteiger partial charge in [0.15, 0.2) is 17.3 Å². The van der Waals surface area contributed by atoms with Crippen LogP contribution in [0.1, 0.15) is 21.6 Å². The Morgan fingerprint density at radius 3 is 2.59 bits per heavy atom. The quantitative estimate of drug-likeness (QED) is 0.291. The number of aromatic nitrogens is 2. The van der Waals surface area contributed by atoms with E-state index in [0.29, 0.717) is 42.0 Å². The summed E-state index contributed by atoms with van der Waals surface area (Å²) < 4.78 is 12.5. The molecule has 1 saturated heterocycles. The zero-order chi connectivity index (χ0) is 26.0. The van der Waals surface area contributed by atoms with Gasteiger partial charge in [-0.1, -0.05) is 40.7 Å². The molecule has 1 aliphatic rings. The van der Waals surface area contributed by atoms with E-state index >= 15 is 0 Å². The third-order valence-electron chi connectivity index (χ3n) is 5.96. The molecule has 1 aromatic heterocycles. The molecule has 200 valence electrons. The first-order valence-corrected chi connectivity index (χ1v) is 12.7. The molecular formula is C26H34ClN5O5. The molecule has 2 heterocycles. The smallest absolute Gasteiger partial charge is 0.273 e. The maximum absolute atomic E-state index is 13.1. The summed E-state index contributed by atoms with van der Waals surface area (Å²) in [7, 11) is 1.75. The lowest BCUT2D eigenvalue weighted by atomic mass is 10.2. The number of aliphatic hydroxyl groups excluding tert-OH is 1. The number of morpholine rings is 1. The zero-order valence-electron chi connectivity index (χ0n) is 21.0. The van der Waals surface area contributed by atoms with E-state index in [1.54, 1.807) is 16.6 Å². The van der Waals surface area contributed by atoms with Gasteiger partial charge in [0.25, 0.3) is 5.91 Å². The molecule has 0 bridgehead atoms. The first-order chi connectivity index (χ1) is 18.1. The molecule has 10 nitrogen and oxygen atoms in total. The summed E-state index contributed by atoms with van der Waals surface area (Å²) in [5.74, 6) is 0.949. The summed E-state index contributed by atoms with van der Waals surface area (Å²) in [6.45, 7) is 5.32. The molecule has 0 aliphatic carbocycles. The van der Waals surface area contributed by atoms with Crippen molar-refractivity contribution in [1.82, 2.24) is 19.7 Å². The first-order valence-electron chi connectivity index (χ1n) is 12.4.